The quantitative estimate of drug-likeness (QED) is 0.767. The predicted molar refractivity (Wildman–Crippen MR) is 101 cm³/mol. The van der Waals surface area contributed by atoms with Crippen molar-refractivity contribution in [3.8, 4) is 11.4 Å². The molecule has 2 aromatic carbocycles. The van der Waals surface area contributed by atoms with Crippen molar-refractivity contribution in [2.24, 2.45) is 0 Å². The molecule has 1 amide bonds. The number of amides is 1. The van der Waals surface area contributed by atoms with E-state index in [1.54, 1.807) is 55.6 Å². The van der Waals surface area contributed by atoms with Crippen molar-refractivity contribution < 1.29 is 9.53 Å². The average Bonchev–Trinajstić information content (AvgIpc) is 2.68. The first-order valence-electron chi connectivity index (χ1n) is 8.52. The van der Waals surface area contributed by atoms with Gasteiger partial charge in [0.05, 0.1) is 18.2 Å². The van der Waals surface area contributed by atoms with Crippen molar-refractivity contribution in [2.75, 3.05) is 7.11 Å². The molecule has 0 unspecified atom stereocenters. The average molecular weight is 351 g/mol. The van der Waals surface area contributed by atoms with Crippen molar-refractivity contribution in [1.82, 2.24) is 15.1 Å². The van der Waals surface area contributed by atoms with Crippen LogP contribution >= 0.6 is 0 Å². The lowest BCUT2D eigenvalue weighted by atomic mass is 10.1. The Morgan fingerprint density at radius 2 is 1.81 bits per heavy atom. The summed E-state index contributed by atoms with van der Waals surface area (Å²) in [5.41, 5.74) is 0.529. The van der Waals surface area contributed by atoms with Gasteiger partial charge in [-0.15, -0.1) is 0 Å². The van der Waals surface area contributed by atoms with Crippen LogP contribution in [0, 0.1) is 0 Å². The zero-order valence-electron chi connectivity index (χ0n) is 15.0. The molecule has 6 heteroatoms. The minimum absolute atomic E-state index is 0.0180. The number of methoxy groups -OCH3 is 1. The van der Waals surface area contributed by atoms with Crippen LogP contribution in [0.1, 0.15) is 30.8 Å². The normalized spacial score (nSPS) is 12.0. The Balaban J connectivity index is 2.19. The predicted octanol–water partition coefficient (Wildman–Crippen LogP) is 2.92. The Hall–Kier alpha value is -3.15. The van der Waals surface area contributed by atoms with Gasteiger partial charge in [0.1, 0.15) is 5.75 Å². The van der Waals surface area contributed by atoms with Gasteiger partial charge in [0.15, 0.2) is 5.69 Å². The summed E-state index contributed by atoms with van der Waals surface area (Å²) in [5, 5.41) is 8.28. The number of hydrogen-bond acceptors (Lipinski definition) is 4. The second-order valence-corrected chi connectivity index (χ2v) is 6.09. The SMILES string of the molecule is CC[C@H](C)NC(=O)c1nn(-c2ccc(OC)cc2)c(=O)c2ccccc12. The van der Waals surface area contributed by atoms with E-state index in [9.17, 15) is 9.59 Å². The second kappa shape index (κ2) is 7.39. The van der Waals surface area contributed by atoms with Crippen molar-refractivity contribution in [3.63, 3.8) is 0 Å². The summed E-state index contributed by atoms with van der Waals surface area (Å²) >= 11 is 0. The Kier molecular flexibility index (Phi) is 5.02. The van der Waals surface area contributed by atoms with E-state index in [0.29, 0.717) is 22.2 Å². The maximum absolute atomic E-state index is 12.9. The first kappa shape index (κ1) is 17.7. The zero-order valence-corrected chi connectivity index (χ0v) is 15.0. The maximum Gasteiger partial charge on any atom is 0.279 e. The van der Waals surface area contributed by atoms with E-state index in [1.807, 2.05) is 13.8 Å². The van der Waals surface area contributed by atoms with E-state index in [1.165, 1.54) is 4.68 Å². The number of aromatic nitrogens is 2. The number of nitrogens with zero attached hydrogens (tertiary/aromatic N) is 2. The van der Waals surface area contributed by atoms with Crippen LogP contribution in [0.25, 0.3) is 16.5 Å². The van der Waals surface area contributed by atoms with E-state index in [2.05, 4.69) is 10.4 Å². The van der Waals surface area contributed by atoms with Gasteiger partial charge in [-0.25, -0.2) is 0 Å². The summed E-state index contributed by atoms with van der Waals surface area (Å²) in [6, 6.07) is 14.0. The Labute approximate surface area is 151 Å². The monoisotopic (exact) mass is 351 g/mol. The number of benzene rings is 2. The summed E-state index contributed by atoms with van der Waals surface area (Å²) in [5.74, 6) is 0.384. The van der Waals surface area contributed by atoms with Crippen molar-refractivity contribution in [3.05, 3.63) is 64.6 Å². The summed E-state index contributed by atoms with van der Waals surface area (Å²) in [7, 11) is 1.58. The van der Waals surface area contributed by atoms with Gasteiger partial charge in [0, 0.05) is 11.4 Å². The molecular formula is C20H21N3O3. The molecule has 134 valence electrons. The van der Waals surface area contributed by atoms with Gasteiger partial charge in [-0.2, -0.15) is 9.78 Å². The lowest BCUT2D eigenvalue weighted by molar-refractivity contribution is 0.0934. The largest absolute Gasteiger partial charge is 0.497 e. The van der Waals surface area contributed by atoms with Crippen LogP contribution in [0.5, 0.6) is 5.75 Å². The van der Waals surface area contributed by atoms with Crippen LogP contribution in [-0.4, -0.2) is 28.8 Å². The van der Waals surface area contributed by atoms with E-state index in [0.717, 1.165) is 6.42 Å². The third-order valence-electron chi connectivity index (χ3n) is 4.33. The lowest BCUT2D eigenvalue weighted by Crippen LogP contribution is -2.34. The molecule has 1 heterocycles. The van der Waals surface area contributed by atoms with Crippen molar-refractivity contribution >= 4 is 16.7 Å². The number of ether oxygens (including phenoxy) is 1. The molecule has 0 spiro atoms. The van der Waals surface area contributed by atoms with Gasteiger partial charge in [-0.05, 0) is 43.7 Å². The van der Waals surface area contributed by atoms with E-state index < -0.39 is 0 Å². The molecule has 0 aliphatic rings. The molecule has 0 aliphatic heterocycles. The summed E-state index contributed by atoms with van der Waals surface area (Å²) in [4.78, 5) is 25.6. The van der Waals surface area contributed by atoms with Crippen LogP contribution < -0.4 is 15.6 Å². The molecule has 0 saturated carbocycles. The molecule has 26 heavy (non-hydrogen) atoms. The molecule has 0 fully saturated rings. The van der Waals surface area contributed by atoms with Crippen molar-refractivity contribution in [2.45, 2.75) is 26.3 Å². The summed E-state index contributed by atoms with van der Waals surface area (Å²) < 4.78 is 6.41. The fourth-order valence-corrected chi connectivity index (χ4v) is 2.65. The number of nitrogens with one attached hydrogen (secondary N) is 1. The maximum atomic E-state index is 12.9. The zero-order chi connectivity index (χ0) is 18.7. The molecule has 0 saturated heterocycles. The van der Waals surface area contributed by atoms with E-state index in [4.69, 9.17) is 4.74 Å². The van der Waals surface area contributed by atoms with Gasteiger partial charge in [-0.3, -0.25) is 9.59 Å². The summed E-state index contributed by atoms with van der Waals surface area (Å²) in [6.07, 6.45) is 0.807. The number of carbonyl (C=O) groups is 1. The number of rotatable bonds is 5. The fourth-order valence-electron chi connectivity index (χ4n) is 2.65. The highest BCUT2D eigenvalue weighted by molar-refractivity contribution is 6.04. The number of fused-ring (bicyclic) bond motifs is 1. The van der Waals surface area contributed by atoms with Crippen LogP contribution in [-0.2, 0) is 0 Å². The molecule has 0 aliphatic carbocycles. The molecule has 0 radical (unpaired) electrons. The summed E-state index contributed by atoms with van der Waals surface area (Å²) in [6.45, 7) is 3.92. The smallest absolute Gasteiger partial charge is 0.279 e. The Bertz CT molecular complexity index is 993. The van der Waals surface area contributed by atoms with Gasteiger partial charge < -0.3 is 10.1 Å². The Morgan fingerprint density at radius 3 is 2.42 bits per heavy atom. The molecular weight excluding hydrogens is 330 g/mol. The van der Waals surface area contributed by atoms with Gasteiger partial charge in [0.25, 0.3) is 11.5 Å². The molecule has 0 bridgehead atoms. The minimum Gasteiger partial charge on any atom is -0.497 e. The third kappa shape index (κ3) is 3.31. The topological polar surface area (TPSA) is 73.2 Å². The van der Waals surface area contributed by atoms with Crippen LogP contribution in [0.15, 0.2) is 53.3 Å². The second-order valence-electron chi connectivity index (χ2n) is 6.09. The highest BCUT2D eigenvalue weighted by Gasteiger charge is 2.18. The van der Waals surface area contributed by atoms with Crippen LogP contribution in [0.4, 0.5) is 0 Å². The number of carbonyl (C=O) groups excluding carboxylic acids is 1. The minimum atomic E-state index is -0.294. The van der Waals surface area contributed by atoms with Crippen LogP contribution in [0.2, 0.25) is 0 Å². The van der Waals surface area contributed by atoms with Gasteiger partial charge in [-0.1, -0.05) is 25.1 Å². The van der Waals surface area contributed by atoms with Gasteiger partial charge in [0.2, 0.25) is 0 Å². The molecule has 3 aromatic rings. The highest BCUT2D eigenvalue weighted by Crippen LogP contribution is 2.17. The fraction of sp³-hybridized carbons (Fsp3) is 0.250. The van der Waals surface area contributed by atoms with E-state index >= 15 is 0 Å². The molecule has 1 aromatic heterocycles. The molecule has 1 atom stereocenters. The van der Waals surface area contributed by atoms with Crippen LogP contribution in [0.3, 0.4) is 0 Å². The Morgan fingerprint density at radius 1 is 1.15 bits per heavy atom. The van der Waals surface area contributed by atoms with Gasteiger partial charge >= 0.3 is 0 Å². The lowest BCUT2D eigenvalue weighted by Gasteiger charge is -2.14. The number of hydrogen-bond donors (Lipinski definition) is 1. The first-order chi connectivity index (χ1) is 12.5. The third-order valence-corrected chi connectivity index (χ3v) is 4.33. The standard InChI is InChI=1S/C20H21N3O3/c1-4-13(2)21-19(24)18-16-7-5-6-8-17(16)20(25)23(22-18)14-9-11-15(26-3)12-10-14/h5-13H,4H2,1-3H3,(H,21,24)/t13-/m0/s1. The van der Waals surface area contributed by atoms with E-state index in [-0.39, 0.29) is 23.2 Å². The molecule has 6 nitrogen and oxygen atoms in total. The molecule has 3 rings (SSSR count). The first-order valence-corrected chi connectivity index (χ1v) is 8.52. The molecule has 1 N–H and O–H groups in total. The van der Waals surface area contributed by atoms with Crippen molar-refractivity contribution in [1.29, 1.82) is 0 Å². The highest BCUT2D eigenvalue weighted by atomic mass is 16.5.